The molecule has 1 amide bonds. The summed E-state index contributed by atoms with van der Waals surface area (Å²) in [4.78, 5) is 23.1. The molecule has 1 N–H and O–H groups in total. The summed E-state index contributed by atoms with van der Waals surface area (Å²) in [5.74, 6) is -0.422. The lowest BCUT2D eigenvalue weighted by atomic mass is 10.2. The Hall–Kier alpha value is -1.52. The lowest BCUT2D eigenvalue weighted by Gasteiger charge is -2.17. The average Bonchev–Trinajstić information content (AvgIpc) is 2.63. The maximum Gasteiger partial charge on any atom is 0.407 e. The van der Waals surface area contributed by atoms with Crippen LogP contribution < -0.4 is 0 Å². The molecule has 84 valence electrons. The van der Waals surface area contributed by atoms with Gasteiger partial charge < -0.3 is 14.7 Å². The van der Waals surface area contributed by atoms with E-state index < -0.39 is 12.1 Å². The van der Waals surface area contributed by atoms with Gasteiger partial charge in [-0.2, -0.15) is 0 Å². The molecule has 1 aliphatic rings. The third kappa shape index (κ3) is 3.27. The van der Waals surface area contributed by atoms with Crippen molar-refractivity contribution in [2.75, 3.05) is 13.2 Å². The summed E-state index contributed by atoms with van der Waals surface area (Å²) in [6, 6.07) is -0.188. The average molecular weight is 213 g/mol. The Morgan fingerprint density at radius 1 is 1.60 bits per heavy atom. The van der Waals surface area contributed by atoms with Gasteiger partial charge in [0.05, 0.1) is 12.6 Å². The maximum atomic E-state index is 11.0. The monoisotopic (exact) mass is 213 g/mol. The zero-order chi connectivity index (χ0) is 11.3. The zero-order valence-corrected chi connectivity index (χ0v) is 8.68. The topological polar surface area (TPSA) is 66.8 Å². The van der Waals surface area contributed by atoms with Crippen LogP contribution >= 0.6 is 0 Å². The van der Waals surface area contributed by atoms with Crippen LogP contribution in [-0.4, -0.2) is 41.3 Å². The van der Waals surface area contributed by atoms with Gasteiger partial charge in [-0.15, -0.1) is 0 Å². The normalized spacial score (nSPS) is 20.9. The van der Waals surface area contributed by atoms with Gasteiger partial charge in [-0.1, -0.05) is 6.08 Å². The van der Waals surface area contributed by atoms with Crippen LogP contribution in [0.1, 0.15) is 19.8 Å². The molecule has 0 saturated carbocycles. The quantitative estimate of drug-likeness (QED) is 0.566. The molecule has 0 aromatic heterocycles. The van der Waals surface area contributed by atoms with Crippen molar-refractivity contribution in [2.24, 2.45) is 0 Å². The molecule has 0 bridgehead atoms. The fourth-order valence-electron chi connectivity index (χ4n) is 1.61. The summed E-state index contributed by atoms with van der Waals surface area (Å²) in [5.41, 5.74) is 0. The Kier molecular flexibility index (Phi) is 4.15. The van der Waals surface area contributed by atoms with E-state index in [0.717, 1.165) is 12.8 Å². The molecule has 1 unspecified atom stereocenters. The van der Waals surface area contributed by atoms with E-state index in [1.54, 1.807) is 13.0 Å². The van der Waals surface area contributed by atoms with Crippen molar-refractivity contribution in [1.29, 1.82) is 0 Å². The van der Waals surface area contributed by atoms with Crippen molar-refractivity contribution in [3.05, 3.63) is 12.2 Å². The second kappa shape index (κ2) is 5.38. The number of rotatable bonds is 3. The molecular formula is C10H15NO4. The number of hydrogen-bond donors (Lipinski definition) is 1. The number of hydrogen-bond acceptors (Lipinski definition) is 3. The number of carboxylic acid groups (broad SMARTS) is 1. The Bertz CT molecular complexity index is 275. The number of esters is 1. The Morgan fingerprint density at radius 2 is 2.33 bits per heavy atom. The highest BCUT2D eigenvalue weighted by atomic mass is 16.5. The van der Waals surface area contributed by atoms with Gasteiger partial charge in [0.1, 0.15) is 0 Å². The van der Waals surface area contributed by atoms with E-state index in [2.05, 4.69) is 0 Å². The van der Waals surface area contributed by atoms with Crippen LogP contribution in [0.2, 0.25) is 0 Å². The molecular weight excluding hydrogens is 198 g/mol. The van der Waals surface area contributed by atoms with Crippen LogP contribution in [0.15, 0.2) is 12.2 Å². The van der Waals surface area contributed by atoms with E-state index in [9.17, 15) is 9.59 Å². The maximum absolute atomic E-state index is 11.0. The van der Waals surface area contributed by atoms with E-state index in [0.29, 0.717) is 13.2 Å². The molecule has 1 rings (SSSR count). The fraction of sp³-hybridized carbons (Fsp3) is 0.600. The second-order valence-corrected chi connectivity index (χ2v) is 3.30. The third-order valence-electron chi connectivity index (χ3n) is 2.29. The Labute approximate surface area is 88.3 Å². The molecule has 1 fully saturated rings. The smallest absolute Gasteiger partial charge is 0.407 e. The summed E-state index contributed by atoms with van der Waals surface area (Å²) in [7, 11) is 0. The number of amides is 1. The van der Waals surface area contributed by atoms with Crippen LogP contribution in [0.25, 0.3) is 0 Å². The van der Waals surface area contributed by atoms with Gasteiger partial charge in [0.2, 0.25) is 0 Å². The summed E-state index contributed by atoms with van der Waals surface area (Å²) < 4.78 is 4.71. The van der Waals surface area contributed by atoms with Crippen LogP contribution in [0, 0.1) is 0 Å². The van der Waals surface area contributed by atoms with Crippen molar-refractivity contribution in [1.82, 2.24) is 4.90 Å². The van der Waals surface area contributed by atoms with Crippen LogP contribution in [0.5, 0.6) is 0 Å². The number of carbonyl (C=O) groups excluding carboxylic acids is 1. The SMILES string of the molecule is CCOC(=O)/C=C/C1CCCN1C(=O)O. The number of ether oxygens (including phenoxy) is 1. The van der Waals surface area contributed by atoms with E-state index in [1.807, 2.05) is 0 Å². The van der Waals surface area contributed by atoms with E-state index in [4.69, 9.17) is 9.84 Å². The molecule has 0 aromatic carbocycles. The van der Waals surface area contributed by atoms with Gasteiger partial charge in [-0.05, 0) is 19.8 Å². The first-order chi connectivity index (χ1) is 7.15. The molecule has 0 spiro atoms. The van der Waals surface area contributed by atoms with E-state index >= 15 is 0 Å². The first-order valence-corrected chi connectivity index (χ1v) is 4.99. The molecule has 1 aliphatic heterocycles. The highest BCUT2D eigenvalue weighted by molar-refractivity contribution is 5.82. The van der Waals surface area contributed by atoms with Gasteiger partial charge in [0.15, 0.2) is 0 Å². The third-order valence-corrected chi connectivity index (χ3v) is 2.29. The first kappa shape index (κ1) is 11.6. The minimum atomic E-state index is -0.939. The van der Waals surface area contributed by atoms with Crippen molar-refractivity contribution in [3.8, 4) is 0 Å². The minimum absolute atomic E-state index is 0.188. The van der Waals surface area contributed by atoms with Crippen molar-refractivity contribution < 1.29 is 19.4 Å². The zero-order valence-electron chi connectivity index (χ0n) is 8.68. The predicted molar refractivity (Wildman–Crippen MR) is 53.5 cm³/mol. The van der Waals surface area contributed by atoms with Crippen molar-refractivity contribution in [3.63, 3.8) is 0 Å². The van der Waals surface area contributed by atoms with Crippen molar-refractivity contribution in [2.45, 2.75) is 25.8 Å². The van der Waals surface area contributed by atoms with Gasteiger partial charge in [-0.3, -0.25) is 0 Å². The van der Waals surface area contributed by atoms with Gasteiger partial charge >= 0.3 is 12.1 Å². The summed E-state index contributed by atoms with van der Waals surface area (Å²) in [5, 5.41) is 8.83. The summed E-state index contributed by atoms with van der Waals surface area (Å²) in [6.45, 7) is 2.59. The second-order valence-electron chi connectivity index (χ2n) is 3.30. The molecule has 0 radical (unpaired) electrons. The van der Waals surface area contributed by atoms with Gasteiger partial charge in [-0.25, -0.2) is 9.59 Å². The molecule has 5 heteroatoms. The van der Waals surface area contributed by atoms with Crippen molar-refractivity contribution >= 4 is 12.1 Å². The molecule has 1 atom stereocenters. The standard InChI is InChI=1S/C10H15NO4/c1-2-15-9(12)6-5-8-4-3-7-11(8)10(13)14/h5-6,8H,2-4,7H2,1H3,(H,13,14)/b6-5+. The van der Waals surface area contributed by atoms with E-state index in [-0.39, 0.29) is 6.04 Å². The molecule has 1 heterocycles. The molecule has 0 aliphatic carbocycles. The summed E-state index contributed by atoms with van der Waals surface area (Å²) in [6.07, 6.45) is 3.56. The molecule has 1 saturated heterocycles. The molecule has 15 heavy (non-hydrogen) atoms. The number of likely N-dealkylation sites (tertiary alicyclic amines) is 1. The first-order valence-electron chi connectivity index (χ1n) is 4.99. The molecule has 0 aromatic rings. The fourth-order valence-corrected chi connectivity index (χ4v) is 1.61. The number of nitrogens with zero attached hydrogens (tertiary/aromatic N) is 1. The highest BCUT2D eigenvalue weighted by Gasteiger charge is 2.26. The lowest BCUT2D eigenvalue weighted by molar-refractivity contribution is -0.137. The van der Waals surface area contributed by atoms with Crippen LogP contribution in [0.4, 0.5) is 4.79 Å². The van der Waals surface area contributed by atoms with Crippen LogP contribution in [0.3, 0.4) is 0 Å². The van der Waals surface area contributed by atoms with Crippen LogP contribution in [-0.2, 0) is 9.53 Å². The van der Waals surface area contributed by atoms with E-state index in [1.165, 1.54) is 11.0 Å². The predicted octanol–water partition coefficient (Wildman–Crippen LogP) is 1.25. The summed E-state index contributed by atoms with van der Waals surface area (Å²) >= 11 is 0. The number of carbonyl (C=O) groups is 2. The Balaban J connectivity index is 2.50. The minimum Gasteiger partial charge on any atom is -0.465 e. The molecule has 5 nitrogen and oxygen atoms in total. The van der Waals surface area contributed by atoms with Gasteiger partial charge in [0, 0.05) is 12.6 Å². The van der Waals surface area contributed by atoms with Gasteiger partial charge in [0.25, 0.3) is 0 Å². The highest BCUT2D eigenvalue weighted by Crippen LogP contribution is 2.18. The largest absolute Gasteiger partial charge is 0.465 e. The Morgan fingerprint density at radius 3 is 2.93 bits per heavy atom. The lowest BCUT2D eigenvalue weighted by Crippen LogP contribution is -2.32.